The molecule has 0 spiro atoms. The van der Waals surface area contributed by atoms with E-state index in [2.05, 4.69) is 5.32 Å². The molecular formula is C22H32N2O6S2. The summed E-state index contributed by atoms with van der Waals surface area (Å²) in [6.45, 7) is 6.10. The molecule has 0 unspecified atom stereocenters. The van der Waals surface area contributed by atoms with Gasteiger partial charge in [0.25, 0.3) is 0 Å². The maximum atomic E-state index is 12.7. The first kappa shape index (κ1) is 25.3. The van der Waals surface area contributed by atoms with Crippen LogP contribution in [0.3, 0.4) is 0 Å². The Kier molecular flexibility index (Phi) is 9.27. The molecule has 2 heterocycles. The zero-order chi connectivity index (χ0) is 23.0. The van der Waals surface area contributed by atoms with Crippen molar-refractivity contribution in [2.24, 2.45) is 0 Å². The van der Waals surface area contributed by atoms with Crippen LogP contribution in [0.2, 0.25) is 0 Å². The normalized spacial score (nSPS) is 24.0. The van der Waals surface area contributed by atoms with E-state index >= 15 is 0 Å². The maximum Gasteiger partial charge on any atom is 0.370 e. The number of benzene rings is 1. The number of nitrogens with zero attached hydrogens (tertiary/aromatic N) is 1. The smallest absolute Gasteiger partial charge is 0.370 e. The molecule has 0 saturated carbocycles. The van der Waals surface area contributed by atoms with Crippen LogP contribution in [0, 0.1) is 0 Å². The molecule has 2 saturated heterocycles. The summed E-state index contributed by atoms with van der Waals surface area (Å²) < 4.78 is 19.4. The molecule has 8 nitrogen and oxygen atoms in total. The van der Waals surface area contributed by atoms with Gasteiger partial charge in [0.2, 0.25) is 5.12 Å². The molecule has 2 aliphatic rings. The second-order valence-electron chi connectivity index (χ2n) is 7.63. The van der Waals surface area contributed by atoms with Crippen LogP contribution >= 0.6 is 23.7 Å². The number of rotatable bonds is 11. The number of hydrogen-bond donors (Lipinski definition) is 2. The first-order chi connectivity index (χ1) is 15.5. The van der Waals surface area contributed by atoms with Crippen LogP contribution in [0.1, 0.15) is 45.1 Å². The highest BCUT2D eigenvalue weighted by molar-refractivity contribution is 8.15. The van der Waals surface area contributed by atoms with Crippen LogP contribution < -0.4 is 5.32 Å². The Labute approximate surface area is 197 Å². The third-order valence-corrected chi connectivity index (χ3v) is 8.31. The number of nitrogens with one attached hydrogen (secondary N) is 1. The molecule has 0 amide bonds. The Morgan fingerprint density at radius 3 is 2.53 bits per heavy atom. The number of hydrogen-bond acceptors (Lipinski definition) is 9. The minimum Gasteiger partial charge on any atom is -0.479 e. The van der Waals surface area contributed by atoms with E-state index in [1.54, 1.807) is 4.31 Å². The average molecular weight is 485 g/mol. The Bertz CT molecular complexity index is 756. The SMILES string of the molecule is CCOC(OCC)(SN1CCC[C@@]1(SC(=O)OCc1ccccc1)C(=O)O)[C@@H]1CCCN1. The van der Waals surface area contributed by atoms with Gasteiger partial charge in [-0.2, -0.15) is 0 Å². The monoisotopic (exact) mass is 484 g/mol. The molecule has 0 bridgehead atoms. The highest BCUT2D eigenvalue weighted by Gasteiger charge is 2.56. The predicted molar refractivity (Wildman–Crippen MR) is 125 cm³/mol. The Morgan fingerprint density at radius 1 is 1.22 bits per heavy atom. The number of carboxylic acid groups (broad SMARTS) is 1. The fourth-order valence-corrected chi connectivity index (χ4v) is 6.69. The molecule has 0 radical (unpaired) electrons. The summed E-state index contributed by atoms with van der Waals surface area (Å²) in [5.41, 5.74) is 0.850. The lowest BCUT2D eigenvalue weighted by molar-refractivity contribution is -0.183. The molecule has 178 valence electrons. The fourth-order valence-electron chi connectivity index (χ4n) is 4.03. The molecule has 10 heteroatoms. The summed E-state index contributed by atoms with van der Waals surface area (Å²) in [6, 6.07) is 9.25. The van der Waals surface area contributed by atoms with Crippen molar-refractivity contribution in [3.05, 3.63) is 35.9 Å². The minimum absolute atomic E-state index is 0.0745. The van der Waals surface area contributed by atoms with Crippen LogP contribution in [0.15, 0.2) is 30.3 Å². The lowest BCUT2D eigenvalue weighted by Gasteiger charge is -2.42. The van der Waals surface area contributed by atoms with Gasteiger partial charge in [-0.25, -0.2) is 13.9 Å². The number of carboxylic acids is 1. The molecule has 2 atom stereocenters. The van der Waals surface area contributed by atoms with Crippen molar-refractivity contribution >= 4 is 35.0 Å². The van der Waals surface area contributed by atoms with Crippen molar-refractivity contribution in [1.29, 1.82) is 0 Å². The van der Waals surface area contributed by atoms with Crippen molar-refractivity contribution in [2.45, 2.75) is 62.2 Å². The van der Waals surface area contributed by atoms with Gasteiger partial charge in [-0.3, -0.25) is 0 Å². The van der Waals surface area contributed by atoms with E-state index in [1.807, 2.05) is 44.2 Å². The van der Waals surface area contributed by atoms with Crippen LogP contribution in [0.4, 0.5) is 4.79 Å². The van der Waals surface area contributed by atoms with Gasteiger partial charge in [0, 0.05) is 19.8 Å². The second-order valence-corrected chi connectivity index (χ2v) is 10.0. The predicted octanol–water partition coefficient (Wildman–Crippen LogP) is 4.06. The fraction of sp³-hybridized carbons (Fsp3) is 0.636. The molecule has 0 aliphatic carbocycles. The van der Waals surface area contributed by atoms with Crippen molar-refractivity contribution in [3.63, 3.8) is 0 Å². The third kappa shape index (κ3) is 5.78. The number of carbonyl (C=O) groups excluding carboxylic acids is 1. The summed E-state index contributed by atoms with van der Waals surface area (Å²) in [5, 5.41) is 12.0. The molecule has 32 heavy (non-hydrogen) atoms. The number of thioether (sulfide) groups is 1. The summed E-state index contributed by atoms with van der Waals surface area (Å²) in [5.74, 6) is -1.06. The highest BCUT2D eigenvalue weighted by Crippen LogP contribution is 2.50. The van der Waals surface area contributed by atoms with Gasteiger partial charge in [-0.05, 0) is 75.3 Å². The third-order valence-electron chi connectivity index (χ3n) is 5.48. The Balaban J connectivity index is 1.77. The van der Waals surface area contributed by atoms with Crippen LogP contribution in [0.25, 0.3) is 0 Å². The Morgan fingerprint density at radius 2 is 1.94 bits per heavy atom. The molecule has 2 fully saturated rings. The largest absolute Gasteiger partial charge is 0.479 e. The summed E-state index contributed by atoms with van der Waals surface area (Å²) in [7, 11) is 0. The molecule has 1 aromatic rings. The standard InChI is InChI=1S/C22H32N2O6S2/c1-3-29-22(30-4-2,18-12-8-14-23-18)32-24-15-9-13-21(24,19(25)26)31-20(27)28-16-17-10-6-5-7-11-17/h5-7,10-11,18,23H,3-4,8-9,12-16H2,1-2H3,(H,25,26)/t18-,21+/m0/s1. The van der Waals surface area contributed by atoms with Gasteiger partial charge in [0.05, 0.1) is 6.04 Å². The molecular weight excluding hydrogens is 452 g/mol. The van der Waals surface area contributed by atoms with E-state index in [0.717, 1.165) is 36.7 Å². The van der Waals surface area contributed by atoms with E-state index in [4.69, 9.17) is 14.2 Å². The topological polar surface area (TPSA) is 97.3 Å². The van der Waals surface area contributed by atoms with E-state index in [0.29, 0.717) is 32.6 Å². The van der Waals surface area contributed by atoms with Crippen LogP contribution in [-0.2, 0) is 25.6 Å². The van der Waals surface area contributed by atoms with E-state index < -0.39 is 21.3 Å². The molecule has 2 aliphatic heterocycles. The minimum atomic E-state index is -1.45. The Hall–Kier alpha value is -1.30. The summed E-state index contributed by atoms with van der Waals surface area (Å²) >= 11 is 1.98. The zero-order valence-corrected chi connectivity index (χ0v) is 20.2. The average Bonchev–Trinajstić information content (AvgIpc) is 3.45. The van der Waals surface area contributed by atoms with Gasteiger partial charge >= 0.3 is 11.3 Å². The molecule has 0 aromatic heterocycles. The lowest BCUT2D eigenvalue weighted by atomic mass is 10.2. The van der Waals surface area contributed by atoms with Gasteiger partial charge in [0.15, 0.2) is 4.87 Å². The van der Waals surface area contributed by atoms with E-state index in [1.165, 1.54) is 11.9 Å². The number of aliphatic carboxylic acids is 1. The van der Waals surface area contributed by atoms with Crippen LogP contribution in [0.5, 0.6) is 0 Å². The highest BCUT2D eigenvalue weighted by atomic mass is 32.2. The molecule has 2 N–H and O–H groups in total. The quantitative estimate of drug-likeness (QED) is 0.272. The molecule has 3 rings (SSSR count). The second kappa shape index (κ2) is 11.7. The first-order valence-electron chi connectivity index (χ1n) is 11.1. The van der Waals surface area contributed by atoms with Gasteiger partial charge < -0.3 is 24.6 Å². The summed E-state index contributed by atoms with van der Waals surface area (Å²) in [6.07, 6.45) is 2.84. The lowest BCUT2D eigenvalue weighted by Crippen LogP contribution is -2.55. The van der Waals surface area contributed by atoms with Crippen molar-refractivity contribution in [2.75, 3.05) is 26.3 Å². The first-order valence-corrected chi connectivity index (χ1v) is 12.7. The number of ether oxygens (including phenoxy) is 3. The van der Waals surface area contributed by atoms with Gasteiger partial charge in [0.1, 0.15) is 6.61 Å². The maximum absolute atomic E-state index is 12.7. The van der Waals surface area contributed by atoms with Crippen molar-refractivity contribution < 1.29 is 28.9 Å². The van der Waals surface area contributed by atoms with Gasteiger partial charge in [-0.1, -0.05) is 30.3 Å². The van der Waals surface area contributed by atoms with Crippen molar-refractivity contribution in [3.8, 4) is 0 Å². The zero-order valence-electron chi connectivity index (χ0n) is 18.6. The summed E-state index contributed by atoms with van der Waals surface area (Å²) in [4.78, 5) is 23.7. The van der Waals surface area contributed by atoms with Gasteiger partial charge in [-0.15, -0.1) is 0 Å². The van der Waals surface area contributed by atoms with E-state index in [-0.39, 0.29) is 12.6 Å². The van der Waals surface area contributed by atoms with Crippen LogP contribution in [-0.4, -0.2) is 63.0 Å². The molecule has 1 aromatic carbocycles. The number of carbonyl (C=O) groups is 2. The van der Waals surface area contributed by atoms with E-state index in [9.17, 15) is 14.7 Å². The van der Waals surface area contributed by atoms with Crippen molar-refractivity contribution in [1.82, 2.24) is 9.62 Å².